The number of hydrogen-bond donors (Lipinski definition) is 1. The van der Waals surface area contributed by atoms with E-state index in [0.717, 1.165) is 5.56 Å². The van der Waals surface area contributed by atoms with Crippen molar-refractivity contribution in [1.82, 2.24) is 19.9 Å². The highest BCUT2D eigenvalue weighted by Crippen LogP contribution is 2.26. The fraction of sp³-hybridized carbons (Fsp3) is 0.333. The zero-order valence-corrected chi connectivity index (χ0v) is 10.9. The Labute approximate surface area is 110 Å². The minimum Gasteiger partial charge on any atom is -0.480 e. The van der Waals surface area contributed by atoms with Crippen molar-refractivity contribution in [2.45, 2.75) is 13.0 Å². The monoisotopic (exact) mass is 262 g/mol. The summed E-state index contributed by atoms with van der Waals surface area (Å²) in [5.74, 6) is 0.719. The smallest absolute Gasteiger partial charge is 0.241 e. The minimum absolute atomic E-state index is 0.177. The molecule has 100 valence electrons. The van der Waals surface area contributed by atoms with Crippen LogP contribution in [0.2, 0.25) is 0 Å². The van der Waals surface area contributed by atoms with Crippen molar-refractivity contribution >= 4 is 0 Å². The Balaban J connectivity index is 2.37. The van der Waals surface area contributed by atoms with Gasteiger partial charge in [-0.05, 0) is 12.5 Å². The lowest BCUT2D eigenvalue weighted by Gasteiger charge is -2.12. The molecule has 1 atom stereocenters. The van der Waals surface area contributed by atoms with E-state index in [2.05, 4.69) is 19.9 Å². The second kappa shape index (κ2) is 5.57. The van der Waals surface area contributed by atoms with Gasteiger partial charge in [-0.25, -0.2) is 15.0 Å². The average molecular weight is 262 g/mol. The number of aliphatic hydroxyl groups excluding tert-OH is 1. The number of hydrogen-bond acceptors (Lipinski definition) is 7. The summed E-state index contributed by atoms with van der Waals surface area (Å²) in [5.41, 5.74) is 1.15. The lowest BCUT2D eigenvalue weighted by molar-refractivity contribution is 0.197. The number of nitrogens with zero attached hydrogens (tertiary/aromatic N) is 4. The van der Waals surface area contributed by atoms with E-state index in [1.807, 2.05) is 6.92 Å². The average Bonchev–Trinajstić information content (AvgIpc) is 2.46. The predicted molar refractivity (Wildman–Crippen MR) is 66.0 cm³/mol. The number of ether oxygens (including phenoxy) is 2. The van der Waals surface area contributed by atoms with Gasteiger partial charge in [-0.1, -0.05) is 0 Å². The zero-order valence-electron chi connectivity index (χ0n) is 10.9. The van der Waals surface area contributed by atoms with Crippen molar-refractivity contribution in [3.05, 3.63) is 35.7 Å². The van der Waals surface area contributed by atoms with E-state index >= 15 is 0 Å². The Morgan fingerprint density at radius 2 is 1.74 bits per heavy atom. The van der Waals surface area contributed by atoms with Crippen LogP contribution in [-0.4, -0.2) is 39.3 Å². The first-order chi connectivity index (χ1) is 9.15. The maximum absolute atomic E-state index is 10.2. The van der Waals surface area contributed by atoms with Gasteiger partial charge in [-0.2, -0.15) is 4.98 Å². The van der Waals surface area contributed by atoms with Crippen LogP contribution in [0.15, 0.2) is 18.6 Å². The first kappa shape index (κ1) is 13.2. The molecule has 0 saturated carbocycles. The third-order valence-corrected chi connectivity index (χ3v) is 2.45. The van der Waals surface area contributed by atoms with Gasteiger partial charge in [-0.3, -0.25) is 0 Å². The quantitative estimate of drug-likeness (QED) is 0.866. The number of aliphatic hydroxyl groups is 1. The summed E-state index contributed by atoms with van der Waals surface area (Å²) in [5, 5.41) is 10.2. The molecule has 0 aliphatic heterocycles. The van der Waals surface area contributed by atoms with Crippen molar-refractivity contribution in [1.29, 1.82) is 0 Å². The molecule has 1 N–H and O–H groups in total. The van der Waals surface area contributed by atoms with Crippen molar-refractivity contribution in [3.63, 3.8) is 0 Å². The number of aryl methyl sites for hydroxylation is 1. The van der Waals surface area contributed by atoms with Crippen LogP contribution in [0.5, 0.6) is 11.8 Å². The lowest BCUT2D eigenvalue weighted by Crippen LogP contribution is -2.10. The molecule has 7 heteroatoms. The van der Waals surface area contributed by atoms with Crippen LogP contribution < -0.4 is 9.47 Å². The van der Waals surface area contributed by atoms with Crippen LogP contribution in [0, 0.1) is 6.92 Å². The fourth-order valence-electron chi connectivity index (χ4n) is 1.47. The Morgan fingerprint density at radius 3 is 2.32 bits per heavy atom. The number of aromatic nitrogens is 4. The third-order valence-electron chi connectivity index (χ3n) is 2.45. The number of rotatable bonds is 4. The molecule has 0 aliphatic rings. The van der Waals surface area contributed by atoms with Crippen LogP contribution in [0.4, 0.5) is 0 Å². The summed E-state index contributed by atoms with van der Waals surface area (Å²) in [6.07, 6.45) is 3.54. The molecule has 0 fully saturated rings. The molecule has 7 nitrogen and oxygen atoms in total. The van der Waals surface area contributed by atoms with E-state index in [1.165, 1.54) is 20.4 Å². The largest absolute Gasteiger partial charge is 0.480 e. The summed E-state index contributed by atoms with van der Waals surface area (Å²) < 4.78 is 10.0. The fourth-order valence-corrected chi connectivity index (χ4v) is 1.47. The van der Waals surface area contributed by atoms with Gasteiger partial charge in [-0.15, -0.1) is 0 Å². The molecule has 2 rings (SSSR count). The summed E-state index contributed by atoms with van der Waals surface area (Å²) in [7, 11) is 2.91. The van der Waals surface area contributed by atoms with Gasteiger partial charge in [0.15, 0.2) is 11.9 Å². The Kier molecular flexibility index (Phi) is 3.86. The first-order valence-corrected chi connectivity index (χ1v) is 5.57. The molecule has 2 heterocycles. The van der Waals surface area contributed by atoms with E-state index in [-0.39, 0.29) is 17.4 Å². The Morgan fingerprint density at radius 1 is 1.05 bits per heavy atom. The molecule has 0 aromatic carbocycles. The summed E-state index contributed by atoms with van der Waals surface area (Å²) in [4.78, 5) is 16.2. The van der Waals surface area contributed by atoms with E-state index in [9.17, 15) is 5.11 Å². The van der Waals surface area contributed by atoms with Gasteiger partial charge in [0, 0.05) is 12.4 Å². The molecule has 0 bridgehead atoms. The molecule has 0 radical (unpaired) electrons. The van der Waals surface area contributed by atoms with E-state index in [0.29, 0.717) is 5.88 Å². The second-order valence-electron chi connectivity index (χ2n) is 3.83. The van der Waals surface area contributed by atoms with E-state index in [1.54, 1.807) is 12.4 Å². The maximum Gasteiger partial charge on any atom is 0.241 e. The molecule has 0 amide bonds. The van der Waals surface area contributed by atoms with Crippen LogP contribution in [0.3, 0.4) is 0 Å². The predicted octanol–water partition coefficient (Wildman–Crippen LogP) is 0.674. The van der Waals surface area contributed by atoms with Crippen LogP contribution in [-0.2, 0) is 0 Å². The summed E-state index contributed by atoms with van der Waals surface area (Å²) in [6.45, 7) is 1.87. The van der Waals surface area contributed by atoms with E-state index in [4.69, 9.17) is 9.47 Å². The van der Waals surface area contributed by atoms with E-state index < -0.39 is 6.10 Å². The topological polar surface area (TPSA) is 90.2 Å². The molecular formula is C12H14N4O3. The molecule has 0 aliphatic carbocycles. The normalized spacial score (nSPS) is 12.0. The second-order valence-corrected chi connectivity index (χ2v) is 3.83. The standard InChI is InChI=1S/C12H14N4O3/c1-7-4-14-11(15-5-7)10(17)9-12(19-3)16-8(18-2)6-13-9/h4-6,10,17H,1-3H3. The van der Waals surface area contributed by atoms with Crippen LogP contribution >= 0.6 is 0 Å². The minimum atomic E-state index is -1.10. The SMILES string of the molecule is COc1cnc(C(O)c2ncc(C)cn2)c(OC)n1. The molecule has 19 heavy (non-hydrogen) atoms. The highest BCUT2D eigenvalue weighted by atomic mass is 16.5. The van der Waals surface area contributed by atoms with Crippen LogP contribution in [0.1, 0.15) is 23.2 Å². The van der Waals surface area contributed by atoms with Gasteiger partial charge in [0.2, 0.25) is 11.8 Å². The van der Waals surface area contributed by atoms with Crippen molar-refractivity contribution in [2.24, 2.45) is 0 Å². The summed E-state index contributed by atoms with van der Waals surface area (Å²) in [6, 6.07) is 0. The molecule has 2 aromatic heterocycles. The van der Waals surface area contributed by atoms with Gasteiger partial charge < -0.3 is 14.6 Å². The van der Waals surface area contributed by atoms with Crippen molar-refractivity contribution in [2.75, 3.05) is 14.2 Å². The third kappa shape index (κ3) is 2.76. The molecule has 2 aromatic rings. The van der Waals surface area contributed by atoms with Gasteiger partial charge in [0.25, 0.3) is 0 Å². The molecular weight excluding hydrogens is 248 g/mol. The highest BCUT2D eigenvalue weighted by molar-refractivity contribution is 5.28. The van der Waals surface area contributed by atoms with Crippen molar-refractivity contribution in [3.8, 4) is 11.8 Å². The highest BCUT2D eigenvalue weighted by Gasteiger charge is 2.21. The van der Waals surface area contributed by atoms with Gasteiger partial charge in [0.1, 0.15) is 5.69 Å². The lowest BCUT2D eigenvalue weighted by atomic mass is 10.2. The summed E-state index contributed by atoms with van der Waals surface area (Å²) >= 11 is 0. The Bertz CT molecular complexity index is 559. The maximum atomic E-state index is 10.2. The number of methoxy groups -OCH3 is 2. The molecule has 0 spiro atoms. The molecule has 0 saturated heterocycles. The van der Waals surface area contributed by atoms with Gasteiger partial charge >= 0.3 is 0 Å². The Hall–Kier alpha value is -2.28. The zero-order chi connectivity index (χ0) is 13.8. The first-order valence-electron chi connectivity index (χ1n) is 5.57. The van der Waals surface area contributed by atoms with Crippen molar-refractivity contribution < 1.29 is 14.6 Å². The molecule has 1 unspecified atom stereocenters. The van der Waals surface area contributed by atoms with Gasteiger partial charge in [0.05, 0.1) is 20.4 Å². The van der Waals surface area contributed by atoms with Crippen LogP contribution in [0.25, 0.3) is 0 Å².